The molecular weight excluding hydrogens is 253 g/mol. The van der Waals surface area contributed by atoms with Gasteiger partial charge in [-0.3, -0.25) is 0 Å². The zero-order valence-corrected chi connectivity index (χ0v) is 11.9. The number of benzene rings is 2. The van der Waals surface area contributed by atoms with E-state index in [0.29, 0.717) is 17.9 Å². The van der Waals surface area contributed by atoms with Gasteiger partial charge in [-0.05, 0) is 61.8 Å². The average molecular weight is 273 g/mol. The largest absolute Gasteiger partial charge is 0.489 e. The minimum Gasteiger partial charge on any atom is -0.489 e. The molecule has 106 valence electrons. The number of rotatable bonds is 6. The maximum Gasteiger partial charge on any atom is 0.126 e. The van der Waals surface area contributed by atoms with Gasteiger partial charge in [0.2, 0.25) is 0 Å². The summed E-state index contributed by atoms with van der Waals surface area (Å²) in [4.78, 5) is 0. The average Bonchev–Trinajstić information content (AvgIpc) is 2.47. The van der Waals surface area contributed by atoms with Crippen LogP contribution in [0, 0.1) is 12.7 Å². The van der Waals surface area contributed by atoms with Crippen molar-refractivity contribution in [1.82, 2.24) is 5.32 Å². The number of nitrogens with one attached hydrogen (secondary N) is 1. The van der Waals surface area contributed by atoms with Gasteiger partial charge in [0.25, 0.3) is 0 Å². The van der Waals surface area contributed by atoms with Gasteiger partial charge in [0.1, 0.15) is 18.2 Å². The first-order valence-electron chi connectivity index (χ1n) is 6.81. The lowest BCUT2D eigenvalue weighted by Gasteiger charge is -2.11. The maximum absolute atomic E-state index is 13.2. The first-order chi connectivity index (χ1) is 9.70. The van der Waals surface area contributed by atoms with E-state index in [-0.39, 0.29) is 5.82 Å². The Kier molecular flexibility index (Phi) is 5.13. The molecule has 2 rings (SSSR count). The van der Waals surface area contributed by atoms with E-state index in [1.807, 2.05) is 19.2 Å². The maximum atomic E-state index is 13.2. The number of hydrogen-bond donors (Lipinski definition) is 1. The van der Waals surface area contributed by atoms with Crippen molar-refractivity contribution in [3.63, 3.8) is 0 Å². The summed E-state index contributed by atoms with van der Waals surface area (Å²) in [5, 5.41) is 3.15. The summed E-state index contributed by atoms with van der Waals surface area (Å²) >= 11 is 0. The number of aryl methyl sites for hydroxylation is 1. The minimum absolute atomic E-state index is 0.202. The van der Waals surface area contributed by atoms with E-state index in [2.05, 4.69) is 17.4 Å². The second-order valence-electron chi connectivity index (χ2n) is 4.82. The van der Waals surface area contributed by atoms with Gasteiger partial charge in [-0.1, -0.05) is 24.3 Å². The topological polar surface area (TPSA) is 21.3 Å². The summed E-state index contributed by atoms with van der Waals surface area (Å²) < 4.78 is 19.0. The Morgan fingerprint density at radius 2 is 1.85 bits per heavy atom. The zero-order chi connectivity index (χ0) is 14.4. The monoisotopic (exact) mass is 273 g/mol. The fourth-order valence-electron chi connectivity index (χ4n) is 2.07. The highest BCUT2D eigenvalue weighted by atomic mass is 19.1. The summed E-state index contributed by atoms with van der Waals surface area (Å²) in [5.41, 5.74) is 3.05. The van der Waals surface area contributed by atoms with Gasteiger partial charge in [-0.15, -0.1) is 0 Å². The molecule has 2 nitrogen and oxygen atoms in total. The van der Waals surface area contributed by atoms with Crippen LogP contribution in [0.1, 0.15) is 16.7 Å². The standard InChI is InChI=1S/C17H20FNO/c1-13-11-16(7-8-17(13)18)20-12-15-6-4-3-5-14(15)9-10-19-2/h3-8,11,19H,9-10,12H2,1-2H3. The molecule has 0 unspecified atom stereocenters. The van der Waals surface area contributed by atoms with Gasteiger partial charge < -0.3 is 10.1 Å². The summed E-state index contributed by atoms with van der Waals surface area (Å²) in [6.45, 7) is 3.18. The molecule has 0 bridgehead atoms. The van der Waals surface area contributed by atoms with E-state index in [1.54, 1.807) is 19.1 Å². The van der Waals surface area contributed by atoms with E-state index in [4.69, 9.17) is 4.74 Å². The van der Waals surface area contributed by atoms with Crippen LogP contribution in [0.25, 0.3) is 0 Å². The van der Waals surface area contributed by atoms with E-state index in [1.165, 1.54) is 17.2 Å². The molecule has 2 aromatic carbocycles. The van der Waals surface area contributed by atoms with Crippen LogP contribution in [0.15, 0.2) is 42.5 Å². The quantitative estimate of drug-likeness (QED) is 0.870. The SMILES string of the molecule is CNCCc1ccccc1COc1ccc(F)c(C)c1. The first-order valence-corrected chi connectivity index (χ1v) is 6.81. The molecule has 0 saturated heterocycles. The van der Waals surface area contributed by atoms with Crippen molar-refractivity contribution >= 4 is 0 Å². The molecule has 0 saturated carbocycles. The van der Waals surface area contributed by atoms with Crippen molar-refractivity contribution in [1.29, 1.82) is 0 Å². The molecule has 0 aliphatic rings. The van der Waals surface area contributed by atoms with Crippen LogP contribution in [0.3, 0.4) is 0 Å². The highest BCUT2D eigenvalue weighted by molar-refractivity contribution is 5.31. The van der Waals surface area contributed by atoms with Crippen molar-refractivity contribution in [2.24, 2.45) is 0 Å². The molecule has 0 spiro atoms. The van der Waals surface area contributed by atoms with Crippen molar-refractivity contribution in [2.45, 2.75) is 20.0 Å². The molecule has 0 amide bonds. The lowest BCUT2D eigenvalue weighted by atomic mass is 10.1. The molecule has 0 aromatic heterocycles. The van der Waals surface area contributed by atoms with Crippen LogP contribution in [0.4, 0.5) is 4.39 Å². The smallest absolute Gasteiger partial charge is 0.126 e. The zero-order valence-electron chi connectivity index (χ0n) is 11.9. The number of halogens is 1. The molecule has 0 aliphatic heterocycles. The normalized spacial score (nSPS) is 10.6. The summed E-state index contributed by atoms with van der Waals surface area (Å²) in [6.07, 6.45) is 0.971. The fourth-order valence-corrected chi connectivity index (χ4v) is 2.07. The molecule has 3 heteroatoms. The third kappa shape index (κ3) is 3.81. The van der Waals surface area contributed by atoms with Crippen molar-refractivity contribution in [2.75, 3.05) is 13.6 Å². The summed E-state index contributed by atoms with van der Waals surface area (Å²) in [5.74, 6) is 0.499. The minimum atomic E-state index is -0.202. The highest BCUT2D eigenvalue weighted by Gasteiger charge is 2.04. The summed E-state index contributed by atoms with van der Waals surface area (Å²) in [7, 11) is 1.94. The molecule has 0 heterocycles. The van der Waals surface area contributed by atoms with Crippen molar-refractivity contribution in [3.8, 4) is 5.75 Å². The van der Waals surface area contributed by atoms with E-state index < -0.39 is 0 Å². The van der Waals surface area contributed by atoms with Crippen LogP contribution in [-0.4, -0.2) is 13.6 Å². The third-order valence-corrected chi connectivity index (χ3v) is 3.29. The number of hydrogen-bond acceptors (Lipinski definition) is 2. The number of likely N-dealkylation sites (N-methyl/N-ethyl adjacent to an activating group) is 1. The Balaban J connectivity index is 2.04. The lowest BCUT2D eigenvalue weighted by molar-refractivity contribution is 0.304. The molecule has 0 radical (unpaired) electrons. The predicted molar refractivity (Wildman–Crippen MR) is 79.5 cm³/mol. The Bertz CT molecular complexity index is 569. The number of ether oxygens (including phenoxy) is 1. The fraction of sp³-hybridized carbons (Fsp3) is 0.294. The van der Waals surface area contributed by atoms with E-state index >= 15 is 0 Å². The summed E-state index contributed by atoms with van der Waals surface area (Å²) in [6, 6.07) is 13.1. The van der Waals surface area contributed by atoms with E-state index in [9.17, 15) is 4.39 Å². The molecule has 20 heavy (non-hydrogen) atoms. The predicted octanol–water partition coefficient (Wildman–Crippen LogP) is 3.48. The Morgan fingerprint density at radius 1 is 1.10 bits per heavy atom. The van der Waals surface area contributed by atoms with Crippen LogP contribution >= 0.6 is 0 Å². The Labute approximate surface area is 119 Å². The molecule has 2 aromatic rings. The van der Waals surface area contributed by atoms with E-state index in [0.717, 1.165) is 13.0 Å². The Morgan fingerprint density at radius 3 is 2.55 bits per heavy atom. The Hall–Kier alpha value is -1.87. The van der Waals surface area contributed by atoms with Crippen LogP contribution in [-0.2, 0) is 13.0 Å². The van der Waals surface area contributed by atoms with Gasteiger partial charge in [0, 0.05) is 0 Å². The van der Waals surface area contributed by atoms with Crippen molar-refractivity contribution < 1.29 is 9.13 Å². The van der Waals surface area contributed by atoms with Gasteiger partial charge in [-0.25, -0.2) is 4.39 Å². The molecular formula is C17H20FNO. The molecule has 0 atom stereocenters. The first kappa shape index (κ1) is 14.5. The second kappa shape index (κ2) is 7.06. The van der Waals surface area contributed by atoms with Gasteiger partial charge in [0.15, 0.2) is 0 Å². The second-order valence-corrected chi connectivity index (χ2v) is 4.82. The lowest BCUT2D eigenvalue weighted by Crippen LogP contribution is -2.12. The molecule has 1 N–H and O–H groups in total. The third-order valence-electron chi connectivity index (χ3n) is 3.29. The van der Waals surface area contributed by atoms with Gasteiger partial charge in [0.05, 0.1) is 0 Å². The molecule has 0 aliphatic carbocycles. The van der Waals surface area contributed by atoms with Crippen molar-refractivity contribution in [3.05, 3.63) is 65.0 Å². The van der Waals surface area contributed by atoms with Crippen LogP contribution in [0.2, 0.25) is 0 Å². The van der Waals surface area contributed by atoms with Crippen LogP contribution in [0.5, 0.6) is 5.75 Å². The van der Waals surface area contributed by atoms with Gasteiger partial charge in [-0.2, -0.15) is 0 Å². The highest BCUT2D eigenvalue weighted by Crippen LogP contribution is 2.18. The van der Waals surface area contributed by atoms with Gasteiger partial charge >= 0.3 is 0 Å². The molecule has 0 fully saturated rings. The van der Waals surface area contributed by atoms with Crippen LogP contribution < -0.4 is 10.1 Å².